The number of benzene rings is 2. The predicted octanol–water partition coefficient (Wildman–Crippen LogP) is 6.80. The van der Waals surface area contributed by atoms with Gasteiger partial charge in [0.05, 0.1) is 11.9 Å². The van der Waals surface area contributed by atoms with Crippen LogP contribution in [0.1, 0.15) is 63.1 Å². The molecule has 0 saturated heterocycles. The number of hydrogen-bond acceptors (Lipinski definition) is 4. The summed E-state index contributed by atoms with van der Waals surface area (Å²) < 4.78 is 27.0. The molecule has 1 aliphatic carbocycles. The van der Waals surface area contributed by atoms with Gasteiger partial charge in [0, 0.05) is 31.7 Å². The molecule has 0 spiro atoms. The minimum Gasteiger partial charge on any atom is -0.454 e. The zero-order chi connectivity index (χ0) is 24.0. The highest BCUT2D eigenvalue weighted by molar-refractivity contribution is 5.56. The summed E-state index contributed by atoms with van der Waals surface area (Å²) in [7, 11) is 0. The number of aromatic nitrogens is 2. The fourth-order valence-electron chi connectivity index (χ4n) is 5.38. The average Bonchev–Trinajstić information content (AvgIpc) is 3.50. The van der Waals surface area contributed by atoms with E-state index in [0.29, 0.717) is 6.79 Å². The largest absolute Gasteiger partial charge is 0.454 e. The number of halogens is 1. The second-order valence-corrected chi connectivity index (χ2v) is 9.95. The minimum atomic E-state index is -0.219. The van der Waals surface area contributed by atoms with Crippen molar-refractivity contribution in [1.29, 1.82) is 0 Å². The van der Waals surface area contributed by atoms with Crippen molar-refractivity contribution in [3.63, 3.8) is 0 Å². The Morgan fingerprint density at radius 1 is 1.00 bits per heavy atom. The molecule has 2 aliphatic rings. The van der Waals surface area contributed by atoms with E-state index in [9.17, 15) is 4.39 Å². The molecular weight excluding hydrogens is 441 g/mol. The molecule has 1 aromatic heterocycles. The maximum atomic E-state index is 13.5. The molecule has 1 aliphatic heterocycles. The van der Waals surface area contributed by atoms with E-state index in [2.05, 4.69) is 28.5 Å². The molecule has 3 aromatic rings. The maximum Gasteiger partial charge on any atom is 0.231 e. The van der Waals surface area contributed by atoms with Crippen LogP contribution in [-0.2, 0) is 19.6 Å². The Morgan fingerprint density at radius 3 is 2.60 bits per heavy atom. The van der Waals surface area contributed by atoms with E-state index in [0.717, 1.165) is 67.8 Å². The number of imidazole rings is 1. The molecule has 1 fully saturated rings. The number of hydrogen-bond donors (Lipinski definition) is 0. The van der Waals surface area contributed by atoms with Gasteiger partial charge in [0.1, 0.15) is 11.6 Å². The maximum absolute atomic E-state index is 13.5. The summed E-state index contributed by atoms with van der Waals surface area (Å²) in [6.45, 7) is 6.20. The zero-order valence-electron chi connectivity index (χ0n) is 20.7. The lowest BCUT2D eigenvalue weighted by Crippen LogP contribution is -2.31. The van der Waals surface area contributed by atoms with Gasteiger partial charge in [0.15, 0.2) is 11.5 Å². The second kappa shape index (κ2) is 11.3. The summed E-state index contributed by atoms with van der Waals surface area (Å²) in [6, 6.07) is 13.0. The third-order valence-electron chi connectivity index (χ3n) is 7.25. The molecular formula is C29H36FN3O2. The zero-order valence-corrected chi connectivity index (χ0v) is 20.7. The molecule has 5 rings (SSSR count). The van der Waals surface area contributed by atoms with E-state index in [1.54, 1.807) is 0 Å². The van der Waals surface area contributed by atoms with Gasteiger partial charge in [0.2, 0.25) is 6.79 Å². The van der Waals surface area contributed by atoms with Crippen LogP contribution in [0.5, 0.6) is 11.5 Å². The molecule has 186 valence electrons. The van der Waals surface area contributed by atoms with Crippen LogP contribution in [0.3, 0.4) is 0 Å². The Morgan fingerprint density at radius 2 is 1.80 bits per heavy atom. The summed E-state index contributed by atoms with van der Waals surface area (Å²) in [5, 5.41) is 0. The molecule has 0 unspecified atom stereocenters. The van der Waals surface area contributed by atoms with Crippen molar-refractivity contribution in [3.05, 3.63) is 65.7 Å². The van der Waals surface area contributed by atoms with Gasteiger partial charge in [-0.3, -0.25) is 4.90 Å². The van der Waals surface area contributed by atoms with Gasteiger partial charge in [-0.25, -0.2) is 9.37 Å². The molecule has 35 heavy (non-hydrogen) atoms. The average molecular weight is 478 g/mol. The highest BCUT2D eigenvalue weighted by Gasteiger charge is 2.21. The Bertz CT molecular complexity index is 1110. The Kier molecular flexibility index (Phi) is 7.67. The fourth-order valence-corrected chi connectivity index (χ4v) is 5.38. The Labute approximate surface area is 207 Å². The number of unbranched alkanes of at least 4 members (excludes halogenated alkanes) is 1. The molecule has 0 atom stereocenters. The van der Waals surface area contributed by atoms with Crippen molar-refractivity contribution in [1.82, 2.24) is 14.5 Å². The molecule has 1 saturated carbocycles. The molecule has 5 nitrogen and oxygen atoms in total. The van der Waals surface area contributed by atoms with Crippen LogP contribution < -0.4 is 9.47 Å². The third-order valence-corrected chi connectivity index (χ3v) is 7.25. The second-order valence-electron chi connectivity index (χ2n) is 9.95. The predicted molar refractivity (Wildman–Crippen MR) is 136 cm³/mol. The quantitative estimate of drug-likeness (QED) is 0.322. The van der Waals surface area contributed by atoms with Crippen LogP contribution in [-0.4, -0.2) is 27.8 Å². The SMILES string of the molecule is CCCCn1c(CN(Cc2ccc3c(c2)OCO3)CC2CCCCC2)cnc1-c1ccc(F)cc1. The van der Waals surface area contributed by atoms with E-state index in [4.69, 9.17) is 14.5 Å². The van der Waals surface area contributed by atoms with Crippen LogP contribution in [0.4, 0.5) is 4.39 Å². The fraction of sp³-hybridized carbons (Fsp3) is 0.483. The van der Waals surface area contributed by atoms with Crippen LogP contribution in [0.2, 0.25) is 0 Å². The molecule has 0 amide bonds. The lowest BCUT2D eigenvalue weighted by molar-refractivity contribution is 0.173. The van der Waals surface area contributed by atoms with Crippen molar-refractivity contribution in [2.24, 2.45) is 5.92 Å². The van der Waals surface area contributed by atoms with E-state index < -0.39 is 0 Å². The van der Waals surface area contributed by atoms with Gasteiger partial charge in [-0.05, 0) is 67.1 Å². The molecule has 0 radical (unpaired) electrons. The van der Waals surface area contributed by atoms with Gasteiger partial charge < -0.3 is 14.0 Å². The summed E-state index contributed by atoms with van der Waals surface area (Å²) in [6.07, 6.45) is 10.9. The first-order chi connectivity index (χ1) is 17.2. The number of nitrogens with zero attached hydrogens (tertiary/aromatic N) is 3. The van der Waals surface area contributed by atoms with Gasteiger partial charge in [-0.1, -0.05) is 38.7 Å². The van der Waals surface area contributed by atoms with Crippen LogP contribution in [0, 0.1) is 11.7 Å². The summed E-state index contributed by atoms with van der Waals surface area (Å²) >= 11 is 0. The van der Waals surface area contributed by atoms with Crippen LogP contribution in [0.15, 0.2) is 48.7 Å². The lowest BCUT2D eigenvalue weighted by Gasteiger charge is -2.30. The standard InChI is InChI=1S/C29H36FN3O2/c1-2-3-15-33-26(17-31-29(33)24-10-12-25(30)13-11-24)20-32(18-22-7-5-4-6-8-22)19-23-9-14-27-28(16-23)35-21-34-27/h9-14,16-17,22H,2-8,15,18-21H2,1H3. The number of rotatable bonds is 10. The minimum absolute atomic E-state index is 0.219. The number of fused-ring (bicyclic) bond motifs is 1. The lowest BCUT2D eigenvalue weighted by atomic mass is 9.89. The van der Waals surface area contributed by atoms with Crippen molar-refractivity contribution in [2.45, 2.75) is 71.5 Å². The first-order valence-electron chi connectivity index (χ1n) is 13.1. The van der Waals surface area contributed by atoms with Crippen LogP contribution >= 0.6 is 0 Å². The molecule has 2 heterocycles. The van der Waals surface area contributed by atoms with Crippen molar-refractivity contribution < 1.29 is 13.9 Å². The smallest absolute Gasteiger partial charge is 0.231 e. The van der Waals surface area contributed by atoms with Gasteiger partial charge in [0.25, 0.3) is 0 Å². The number of ether oxygens (including phenoxy) is 2. The van der Waals surface area contributed by atoms with E-state index >= 15 is 0 Å². The molecule has 0 bridgehead atoms. The topological polar surface area (TPSA) is 39.5 Å². The molecule has 6 heteroatoms. The Balaban J connectivity index is 1.40. The van der Waals surface area contributed by atoms with Crippen molar-refractivity contribution in [2.75, 3.05) is 13.3 Å². The van der Waals surface area contributed by atoms with Crippen molar-refractivity contribution in [3.8, 4) is 22.9 Å². The van der Waals surface area contributed by atoms with Crippen LogP contribution in [0.25, 0.3) is 11.4 Å². The van der Waals surface area contributed by atoms with Crippen molar-refractivity contribution >= 4 is 0 Å². The summed E-state index contributed by atoms with van der Waals surface area (Å²) in [5.41, 5.74) is 3.42. The molecule has 2 aromatic carbocycles. The summed E-state index contributed by atoms with van der Waals surface area (Å²) in [5.74, 6) is 3.11. The highest BCUT2D eigenvalue weighted by atomic mass is 19.1. The third kappa shape index (κ3) is 5.87. The monoisotopic (exact) mass is 477 g/mol. The highest BCUT2D eigenvalue weighted by Crippen LogP contribution is 2.33. The van der Waals surface area contributed by atoms with E-state index in [1.807, 2.05) is 24.4 Å². The van der Waals surface area contributed by atoms with E-state index in [-0.39, 0.29) is 5.82 Å². The normalized spacial score (nSPS) is 15.7. The van der Waals surface area contributed by atoms with Gasteiger partial charge in [-0.15, -0.1) is 0 Å². The first-order valence-corrected chi connectivity index (χ1v) is 13.1. The molecule has 0 N–H and O–H groups in total. The first kappa shape index (κ1) is 23.9. The van der Waals surface area contributed by atoms with E-state index in [1.165, 1.54) is 55.5 Å². The Hall–Kier alpha value is -2.86. The van der Waals surface area contributed by atoms with Gasteiger partial charge in [-0.2, -0.15) is 0 Å². The summed E-state index contributed by atoms with van der Waals surface area (Å²) in [4.78, 5) is 7.37. The van der Waals surface area contributed by atoms with Gasteiger partial charge >= 0.3 is 0 Å².